The van der Waals surface area contributed by atoms with Crippen LogP contribution in [-0.2, 0) is 10.3 Å². The largest absolute Gasteiger partial charge is 0.444 e. The van der Waals surface area contributed by atoms with Crippen LogP contribution in [0.2, 0.25) is 0 Å². The highest BCUT2D eigenvalue weighted by Crippen LogP contribution is 2.47. The Balaban J connectivity index is 1.55. The molecule has 1 amide bonds. The van der Waals surface area contributed by atoms with Gasteiger partial charge in [-0.15, -0.1) is 0 Å². The van der Waals surface area contributed by atoms with Crippen molar-refractivity contribution in [2.45, 2.75) is 31.9 Å². The van der Waals surface area contributed by atoms with Gasteiger partial charge < -0.3 is 9.64 Å². The van der Waals surface area contributed by atoms with Crippen LogP contribution in [0.1, 0.15) is 26.3 Å². The molecular weight excluding hydrogens is 494 g/mol. The minimum absolute atomic E-state index is 0.0979. The number of halogens is 2. The van der Waals surface area contributed by atoms with Crippen LogP contribution in [0.5, 0.6) is 0 Å². The van der Waals surface area contributed by atoms with Gasteiger partial charge in [0.2, 0.25) is 5.95 Å². The molecule has 192 valence electrons. The summed E-state index contributed by atoms with van der Waals surface area (Å²) in [7, 11) is 0. The normalized spacial score (nSPS) is 21.3. The van der Waals surface area contributed by atoms with Gasteiger partial charge in [0, 0.05) is 42.2 Å². The number of amides is 1. The monoisotopic (exact) mass is 522 g/mol. The first-order valence-electron chi connectivity index (χ1n) is 12.1. The number of hydrogen-bond donors (Lipinski definition) is 1. The smallest absolute Gasteiger partial charge is 0.413 e. The van der Waals surface area contributed by atoms with Gasteiger partial charge in [-0.2, -0.15) is 4.39 Å². The molecule has 2 aliphatic heterocycles. The molecule has 0 radical (unpaired) electrons. The fourth-order valence-corrected chi connectivity index (χ4v) is 5.99. The number of nitrogens with one attached hydrogen (secondary N) is 1. The van der Waals surface area contributed by atoms with E-state index in [0.717, 1.165) is 11.3 Å². The first-order valence-corrected chi connectivity index (χ1v) is 13.1. The van der Waals surface area contributed by atoms with Crippen LogP contribution in [0.15, 0.2) is 71.9 Å². The molecule has 3 aromatic rings. The summed E-state index contributed by atoms with van der Waals surface area (Å²) in [6.07, 6.45) is 0.860. The number of anilines is 1. The van der Waals surface area contributed by atoms with Gasteiger partial charge in [0.25, 0.3) is 0 Å². The Bertz CT molecular complexity index is 1340. The maximum absolute atomic E-state index is 14.5. The molecule has 6 nitrogen and oxygen atoms in total. The molecule has 1 aromatic heterocycles. The highest BCUT2D eigenvalue weighted by Gasteiger charge is 2.50. The SMILES string of the molecule is CC(C)(C)OC(=O)NC1=N[C@@]2(c3cccc(-c4cccnc4F)c3)CN(c3ccc(F)cc3)C[C@H]2CS1. The van der Waals surface area contributed by atoms with Gasteiger partial charge in [-0.25, -0.2) is 19.2 Å². The third-order valence-corrected chi connectivity index (χ3v) is 7.54. The van der Waals surface area contributed by atoms with Crippen molar-refractivity contribution in [1.29, 1.82) is 0 Å². The number of thioether (sulfide) groups is 1. The minimum Gasteiger partial charge on any atom is -0.444 e. The maximum Gasteiger partial charge on any atom is 0.413 e. The Kier molecular flexibility index (Phi) is 6.66. The lowest BCUT2D eigenvalue weighted by Gasteiger charge is -2.36. The molecule has 1 N–H and O–H groups in total. The van der Waals surface area contributed by atoms with Gasteiger partial charge >= 0.3 is 6.09 Å². The predicted molar refractivity (Wildman–Crippen MR) is 143 cm³/mol. The number of amidine groups is 1. The van der Waals surface area contributed by atoms with Crippen molar-refractivity contribution in [3.63, 3.8) is 0 Å². The van der Waals surface area contributed by atoms with Gasteiger partial charge in [-0.05, 0) is 74.4 Å². The van der Waals surface area contributed by atoms with E-state index in [1.54, 1.807) is 45.0 Å². The van der Waals surface area contributed by atoms with Crippen LogP contribution in [-0.4, -0.2) is 40.7 Å². The Hall–Kier alpha value is -3.46. The molecule has 0 bridgehead atoms. The summed E-state index contributed by atoms with van der Waals surface area (Å²) in [5, 5.41) is 3.29. The molecule has 2 atom stereocenters. The third kappa shape index (κ3) is 5.32. The van der Waals surface area contributed by atoms with E-state index in [1.165, 1.54) is 30.1 Å². The summed E-state index contributed by atoms with van der Waals surface area (Å²) >= 11 is 1.47. The fraction of sp³-hybridized carbons (Fsp3) is 0.321. The highest BCUT2D eigenvalue weighted by molar-refractivity contribution is 8.13. The topological polar surface area (TPSA) is 66.8 Å². The molecule has 0 spiro atoms. The number of aliphatic imine (C=N–C) groups is 1. The van der Waals surface area contributed by atoms with E-state index in [2.05, 4.69) is 15.2 Å². The van der Waals surface area contributed by atoms with Crippen molar-refractivity contribution in [2.24, 2.45) is 10.9 Å². The fourth-order valence-electron chi connectivity index (χ4n) is 4.86. The number of rotatable bonds is 3. The summed E-state index contributed by atoms with van der Waals surface area (Å²) in [5.74, 6) is -0.0277. The summed E-state index contributed by atoms with van der Waals surface area (Å²) < 4.78 is 33.6. The van der Waals surface area contributed by atoms with Crippen LogP contribution in [0, 0.1) is 17.7 Å². The lowest BCUT2D eigenvalue weighted by molar-refractivity contribution is 0.0564. The molecule has 2 aliphatic rings. The number of benzene rings is 2. The summed E-state index contributed by atoms with van der Waals surface area (Å²) in [6, 6.07) is 17.5. The van der Waals surface area contributed by atoms with Crippen LogP contribution in [0.25, 0.3) is 11.1 Å². The minimum atomic E-state index is -0.710. The van der Waals surface area contributed by atoms with Crippen molar-refractivity contribution in [3.8, 4) is 11.1 Å². The average molecular weight is 523 g/mol. The van der Waals surface area contributed by atoms with Crippen LogP contribution >= 0.6 is 11.8 Å². The molecule has 0 unspecified atom stereocenters. The van der Waals surface area contributed by atoms with E-state index in [4.69, 9.17) is 9.73 Å². The highest BCUT2D eigenvalue weighted by atomic mass is 32.2. The first-order chi connectivity index (χ1) is 17.6. The summed E-state index contributed by atoms with van der Waals surface area (Å²) in [4.78, 5) is 23.6. The zero-order chi connectivity index (χ0) is 26.2. The molecular formula is C28H28F2N4O2S. The van der Waals surface area contributed by atoms with E-state index >= 15 is 0 Å². The van der Waals surface area contributed by atoms with Crippen molar-refractivity contribution < 1.29 is 18.3 Å². The maximum atomic E-state index is 14.5. The molecule has 1 fully saturated rings. The van der Waals surface area contributed by atoms with Gasteiger partial charge in [-0.3, -0.25) is 5.32 Å². The standard InChI is InChI=1S/C28H28F2N4O2S/c1-27(2,3)36-26(35)32-25-33-28(19-7-4-6-18(14-19)23-8-5-13-31-24(23)30)17-34(15-20(28)16-37-25)22-11-9-21(29)10-12-22/h4-14,20H,15-17H2,1-3H3,(H,32,33,35)/t20-,28+/m0/s1. The van der Waals surface area contributed by atoms with Crippen molar-refractivity contribution in [1.82, 2.24) is 10.3 Å². The molecule has 9 heteroatoms. The van der Waals surface area contributed by atoms with E-state index in [0.29, 0.717) is 35.1 Å². The molecule has 3 heterocycles. The molecule has 0 aliphatic carbocycles. The second-order valence-corrected chi connectivity index (χ2v) is 11.3. The number of alkyl carbamates (subject to hydrolysis) is 1. The second kappa shape index (κ2) is 9.78. The zero-order valence-corrected chi connectivity index (χ0v) is 21.7. The Labute approximate surface area is 219 Å². The Morgan fingerprint density at radius 3 is 2.65 bits per heavy atom. The van der Waals surface area contributed by atoms with Gasteiger partial charge in [0.15, 0.2) is 5.17 Å². The van der Waals surface area contributed by atoms with Crippen LogP contribution < -0.4 is 10.2 Å². The van der Waals surface area contributed by atoms with E-state index in [1.807, 2.05) is 24.3 Å². The number of nitrogens with zero attached hydrogens (tertiary/aromatic N) is 3. The quantitative estimate of drug-likeness (QED) is 0.429. The summed E-state index contributed by atoms with van der Waals surface area (Å²) in [5.41, 5.74) is 1.56. The molecule has 2 aromatic carbocycles. The third-order valence-electron chi connectivity index (χ3n) is 6.50. The predicted octanol–water partition coefficient (Wildman–Crippen LogP) is 5.99. The van der Waals surface area contributed by atoms with Crippen LogP contribution in [0.3, 0.4) is 0 Å². The lowest BCUT2D eigenvalue weighted by Crippen LogP contribution is -2.43. The van der Waals surface area contributed by atoms with E-state index in [-0.39, 0.29) is 11.7 Å². The first kappa shape index (κ1) is 25.2. The molecule has 5 rings (SSSR count). The molecule has 0 saturated carbocycles. The lowest BCUT2D eigenvalue weighted by atomic mass is 9.81. The van der Waals surface area contributed by atoms with Crippen LogP contribution in [0.4, 0.5) is 19.3 Å². The van der Waals surface area contributed by atoms with E-state index < -0.39 is 23.2 Å². The zero-order valence-electron chi connectivity index (χ0n) is 20.9. The number of hydrogen-bond acceptors (Lipinski definition) is 6. The number of carbonyl (C=O) groups is 1. The Morgan fingerprint density at radius 1 is 1.14 bits per heavy atom. The Morgan fingerprint density at radius 2 is 1.92 bits per heavy atom. The van der Waals surface area contributed by atoms with E-state index in [9.17, 15) is 13.6 Å². The number of pyridine rings is 1. The second-order valence-electron chi connectivity index (χ2n) is 10.3. The number of carbonyl (C=O) groups excluding carboxylic acids is 1. The average Bonchev–Trinajstić information content (AvgIpc) is 3.24. The van der Waals surface area contributed by atoms with Gasteiger partial charge in [0.1, 0.15) is 17.0 Å². The molecule has 1 saturated heterocycles. The van der Waals surface area contributed by atoms with Crippen molar-refractivity contribution in [2.75, 3.05) is 23.7 Å². The summed E-state index contributed by atoms with van der Waals surface area (Å²) in [6.45, 7) is 6.64. The van der Waals surface area contributed by atoms with Gasteiger partial charge in [-0.1, -0.05) is 30.0 Å². The number of fused-ring (bicyclic) bond motifs is 1. The number of ether oxygens (including phenoxy) is 1. The number of aromatic nitrogens is 1. The molecule has 37 heavy (non-hydrogen) atoms. The van der Waals surface area contributed by atoms with Gasteiger partial charge in [0.05, 0.1) is 0 Å². The van der Waals surface area contributed by atoms with Crippen molar-refractivity contribution >= 4 is 28.7 Å². The van der Waals surface area contributed by atoms with Crippen molar-refractivity contribution in [3.05, 3.63) is 84.2 Å².